The van der Waals surface area contributed by atoms with E-state index in [9.17, 15) is 14.4 Å². The molecule has 1 aliphatic heterocycles. The number of nitrogens with one attached hydrogen (secondary N) is 1. The minimum atomic E-state index is -1.11. The zero-order chi connectivity index (χ0) is 22.9. The molecule has 176 valence electrons. The summed E-state index contributed by atoms with van der Waals surface area (Å²) in [5, 5.41) is 17.0. The van der Waals surface area contributed by atoms with E-state index in [0.29, 0.717) is 11.8 Å². The van der Waals surface area contributed by atoms with Gasteiger partial charge in [-0.05, 0) is 43.9 Å². The minimum Gasteiger partial charge on any atom is -0.339 e. The van der Waals surface area contributed by atoms with Crippen molar-refractivity contribution in [2.75, 3.05) is 13.1 Å². The first kappa shape index (κ1) is 23.2. The van der Waals surface area contributed by atoms with E-state index in [2.05, 4.69) is 37.3 Å². The molecular formula is C24H36FN5O2. The average Bonchev–Trinajstić information content (AvgIpc) is 3.46. The second-order valence-electron chi connectivity index (χ2n) is 10.8. The van der Waals surface area contributed by atoms with Crippen molar-refractivity contribution < 1.29 is 13.7 Å². The van der Waals surface area contributed by atoms with Crippen molar-refractivity contribution in [3.63, 3.8) is 0 Å². The van der Waals surface area contributed by atoms with Crippen LogP contribution in [0.25, 0.3) is 0 Å². The van der Waals surface area contributed by atoms with Gasteiger partial charge in [0.15, 0.2) is 5.82 Å². The zero-order valence-corrected chi connectivity index (χ0v) is 19.6. The summed E-state index contributed by atoms with van der Waals surface area (Å²) in [7, 11) is 0. The molecule has 8 heteroatoms. The topological polar surface area (TPSA) is 95.1 Å². The lowest BCUT2D eigenvalue weighted by atomic mass is 9.70. The van der Waals surface area contributed by atoms with Gasteiger partial charge in [0, 0.05) is 24.3 Å². The first-order valence-electron chi connectivity index (χ1n) is 12.1. The van der Waals surface area contributed by atoms with E-state index in [1.165, 1.54) is 24.2 Å². The van der Waals surface area contributed by atoms with Crippen LogP contribution < -0.4 is 5.32 Å². The number of carbonyl (C=O) groups is 1. The lowest BCUT2D eigenvalue weighted by molar-refractivity contribution is -0.131. The molecule has 0 radical (unpaired) electrons. The smallest absolute Gasteiger partial charge is 0.237 e. The third-order valence-electron chi connectivity index (χ3n) is 8.65. The molecule has 1 aromatic heterocycles. The van der Waals surface area contributed by atoms with Gasteiger partial charge in [0.05, 0.1) is 19.2 Å². The monoisotopic (exact) mass is 445 g/mol. The number of halogens is 1. The number of nitriles is 1. The second kappa shape index (κ2) is 9.09. The maximum atomic E-state index is 13.7. The van der Waals surface area contributed by atoms with Gasteiger partial charge in [-0.1, -0.05) is 38.3 Å². The number of rotatable bonds is 6. The first-order chi connectivity index (χ1) is 15.2. The predicted octanol–water partition coefficient (Wildman–Crippen LogP) is 3.91. The lowest BCUT2D eigenvalue weighted by Gasteiger charge is -2.42. The van der Waals surface area contributed by atoms with Gasteiger partial charge >= 0.3 is 0 Å². The van der Waals surface area contributed by atoms with Gasteiger partial charge in [0.2, 0.25) is 11.8 Å². The van der Waals surface area contributed by atoms with Crippen LogP contribution in [0.15, 0.2) is 4.52 Å². The van der Waals surface area contributed by atoms with Crippen LogP contribution in [-0.4, -0.2) is 51.8 Å². The molecule has 0 unspecified atom stereocenters. The Morgan fingerprint density at radius 3 is 2.75 bits per heavy atom. The van der Waals surface area contributed by atoms with E-state index in [1.807, 2.05) is 0 Å². The molecular weight excluding hydrogens is 409 g/mol. The summed E-state index contributed by atoms with van der Waals surface area (Å²) in [6.07, 6.45) is 7.75. The quantitative estimate of drug-likeness (QED) is 0.713. The Kier molecular flexibility index (Phi) is 6.58. The van der Waals surface area contributed by atoms with Crippen LogP contribution >= 0.6 is 0 Å². The van der Waals surface area contributed by atoms with Gasteiger partial charge in [-0.2, -0.15) is 10.2 Å². The van der Waals surface area contributed by atoms with Gasteiger partial charge in [0.1, 0.15) is 12.2 Å². The van der Waals surface area contributed by atoms with E-state index in [1.54, 1.807) is 0 Å². The minimum absolute atomic E-state index is 0.0165. The van der Waals surface area contributed by atoms with Crippen molar-refractivity contribution in [2.24, 2.45) is 11.3 Å². The molecule has 3 aliphatic rings. The molecule has 1 aromatic rings. The number of aromatic nitrogens is 2. The second-order valence-corrected chi connectivity index (χ2v) is 10.8. The van der Waals surface area contributed by atoms with E-state index in [4.69, 9.17) is 9.51 Å². The number of nitrogens with zero attached hydrogens (tertiary/aromatic N) is 4. The number of hydrogen-bond donors (Lipinski definition) is 1. The highest BCUT2D eigenvalue weighted by Crippen LogP contribution is 2.51. The molecule has 0 bridgehead atoms. The summed E-state index contributed by atoms with van der Waals surface area (Å²) in [6.45, 7) is 6.76. The van der Waals surface area contributed by atoms with Gasteiger partial charge in [0.25, 0.3) is 0 Å². The summed E-state index contributed by atoms with van der Waals surface area (Å²) in [4.78, 5) is 18.8. The highest BCUT2D eigenvalue weighted by Gasteiger charge is 2.51. The molecule has 7 nitrogen and oxygen atoms in total. The van der Waals surface area contributed by atoms with Crippen molar-refractivity contribution in [1.82, 2.24) is 20.4 Å². The predicted molar refractivity (Wildman–Crippen MR) is 117 cm³/mol. The van der Waals surface area contributed by atoms with Gasteiger partial charge < -0.3 is 14.7 Å². The fourth-order valence-corrected chi connectivity index (χ4v) is 5.91. The molecule has 1 amide bonds. The molecule has 1 saturated heterocycles. The highest BCUT2D eigenvalue weighted by atomic mass is 19.1. The van der Waals surface area contributed by atoms with Crippen molar-refractivity contribution in [3.05, 3.63) is 11.7 Å². The maximum absolute atomic E-state index is 13.7. The van der Waals surface area contributed by atoms with Crippen LogP contribution in [0.2, 0.25) is 0 Å². The molecule has 2 saturated carbocycles. The molecule has 4 atom stereocenters. The summed E-state index contributed by atoms with van der Waals surface area (Å²) < 4.78 is 19.3. The molecule has 4 rings (SSSR count). The Bertz CT molecular complexity index is 859. The van der Waals surface area contributed by atoms with E-state index < -0.39 is 12.2 Å². The first-order valence-corrected chi connectivity index (χ1v) is 12.1. The lowest BCUT2D eigenvalue weighted by Crippen LogP contribution is -2.55. The third kappa shape index (κ3) is 4.41. The SMILES string of the molecule is CC1(C)[C@H](Cc2noc(C3CCCCC3)n2)CC[C@]1(C)NCC(=O)N1C[C@@H](F)C[C@H]1C#N. The highest BCUT2D eigenvalue weighted by molar-refractivity contribution is 5.79. The average molecular weight is 446 g/mol. The fraction of sp³-hybridized carbons (Fsp3) is 0.833. The molecule has 3 fully saturated rings. The van der Waals surface area contributed by atoms with Crippen LogP contribution in [0.3, 0.4) is 0 Å². The number of alkyl halides is 1. The molecule has 2 aliphatic carbocycles. The van der Waals surface area contributed by atoms with E-state index in [-0.39, 0.29) is 36.4 Å². The third-order valence-corrected chi connectivity index (χ3v) is 8.65. The zero-order valence-electron chi connectivity index (χ0n) is 19.6. The summed E-state index contributed by atoms with van der Waals surface area (Å²) in [6, 6.07) is 1.39. The van der Waals surface area contributed by atoms with Crippen LogP contribution in [-0.2, 0) is 11.2 Å². The number of carbonyl (C=O) groups excluding carboxylic acids is 1. The van der Waals surface area contributed by atoms with Crippen LogP contribution in [0.4, 0.5) is 4.39 Å². The van der Waals surface area contributed by atoms with Gasteiger partial charge in [-0.3, -0.25) is 4.79 Å². The van der Waals surface area contributed by atoms with Gasteiger partial charge in [-0.25, -0.2) is 4.39 Å². The largest absolute Gasteiger partial charge is 0.339 e. The molecule has 1 N–H and O–H groups in total. The van der Waals surface area contributed by atoms with Crippen LogP contribution in [0.1, 0.15) is 89.8 Å². The fourth-order valence-electron chi connectivity index (χ4n) is 5.91. The van der Waals surface area contributed by atoms with Crippen LogP contribution in [0, 0.1) is 22.7 Å². The maximum Gasteiger partial charge on any atom is 0.237 e. The molecule has 0 aromatic carbocycles. The normalized spacial score (nSPS) is 32.8. The number of likely N-dealkylation sites (tertiary alicyclic amines) is 1. The van der Waals surface area contributed by atoms with Crippen molar-refractivity contribution in [1.29, 1.82) is 5.26 Å². The Morgan fingerprint density at radius 1 is 1.28 bits per heavy atom. The number of amides is 1. The Balaban J connectivity index is 1.36. The summed E-state index contributed by atoms with van der Waals surface area (Å²) in [5.74, 6) is 2.15. The van der Waals surface area contributed by atoms with Crippen LogP contribution in [0.5, 0.6) is 0 Å². The number of hydrogen-bond acceptors (Lipinski definition) is 6. The van der Waals surface area contributed by atoms with E-state index >= 15 is 0 Å². The van der Waals surface area contributed by atoms with Crippen molar-refractivity contribution in [3.8, 4) is 6.07 Å². The van der Waals surface area contributed by atoms with E-state index in [0.717, 1.165) is 43.8 Å². The van der Waals surface area contributed by atoms with Gasteiger partial charge in [-0.15, -0.1) is 0 Å². The molecule has 0 spiro atoms. The standard InChI is InChI=1S/C24H36FN5O2/c1-23(2)17(11-20-28-22(32-29-20)16-7-5-4-6-8-16)9-10-24(23,3)27-14-21(31)30-15-18(25)12-19(30)13-26/h16-19,27H,4-12,14-15H2,1-3H3/t17-,18-,19-,24-/m0/s1. The molecule has 2 heterocycles. The van der Waals surface area contributed by atoms with Crippen molar-refractivity contribution in [2.45, 2.75) is 102 Å². The summed E-state index contributed by atoms with van der Waals surface area (Å²) in [5.41, 5.74) is -0.346. The van der Waals surface area contributed by atoms with Crippen molar-refractivity contribution >= 4 is 5.91 Å². The summed E-state index contributed by atoms with van der Waals surface area (Å²) >= 11 is 0. The molecule has 32 heavy (non-hydrogen) atoms. The Hall–Kier alpha value is -2.01. The Morgan fingerprint density at radius 2 is 2.03 bits per heavy atom. The Labute approximate surface area is 190 Å².